The summed E-state index contributed by atoms with van der Waals surface area (Å²) >= 11 is 0. The minimum Gasteiger partial charge on any atom is -0.458 e. The maximum atomic E-state index is 15.2. The summed E-state index contributed by atoms with van der Waals surface area (Å²) in [4.78, 5) is 45.0. The van der Waals surface area contributed by atoms with Gasteiger partial charge in [-0.25, -0.2) is 14.2 Å². The topological polar surface area (TPSA) is 137 Å². The number of pyridine rings is 2. The van der Waals surface area contributed by atoms with Crippen LogP contribution in [0.15, 0.2) is 16.9 Å². The summed E-state index contributed by atoms with van der Waals surface area (Å²) in [6.07, 6.45) is 3.92. The van der Waals surface area contributed by atoms with Gasteiger partial charge in [-0.05, 0) is 80.0 Å². The summed E-state index contributed by atoms with van der Waals surface area (Å²) in [6, 6.07) is 2.80. The Bertz CT molecular complexity index is 1810. The molecule has 4 heterocycles. The number of fused-ring (bicyclic) bond motifs is 7. The fourth-order valence-electron chi connectivity index (χ4n) is 8.36. The second-order valence-corrected chi connectivity index (χ2v) is 12.9. The van der Waals surface area contributed by atoms with Crippen molar-refractivity contribution >= 4 is 22.8 Å². The van der Waals surface area contributed by atoms with Crippen molar-refractivity contribution in [2.45, 2.75) is 83.2 Å². The van der Waals surface area contributed by atoms with Gasteiger partial charge in [0.05, 0.1) is 35.1 Å². The third-order valence-electron chi connectivity index (χ3n) is 10.9. The monoisotopic (exact) mass is 572 g/mol. The number of esters is 1. The lowest BCUT2D eigenvalue weighted by Gasteiger charge is -2.49. The van der Waals surface area contributed by atoms with Crippen LogP contribution in [0.5, 0.6) is 0 Å². The Morgan fingerprint density at radius 1 is 1.21 bits per heavy atom. The molecule has 0 radical (unpaired) electrons. The van der Waals surface area contributed by atoms with Gasteiger partial charge in [0.1, 0.15) is 12.4 Å². The first-order valence-electron chi connectivity index (χ1n) is 15.0. The molecule has 10 heteroatoms. The molecular weight excluding hydrogens is 539 g/mol. The predicted octanol–water partition coefficient (Wildman–Crippen LogP) is 3.00. The molecule has 42 heavy (non-hydrogen) atoms. The number of carbonyl (C=O) groups excluding carboxylic acids is 2. The fourth-order valence-corrected chi connectivity index (χ4v) is 8.36. The molecule has 1 aromatic carbocycles. The summed E-state index contributed by atoms with van der Waals surface area (Å²) in [5, 5.41) is 15.4. The van der Waals surface area contributed by atoms with Crippen molar-refractivity contribution in [3.05, 3.63) is 61.7 Å². The first kappa shape index (κ1) is 26.0. The zero-order valence-corrected chi connectivity index (χ0v) is 23.6. The minimum absolute atomic E-state index is 0.00593. The SMILES string of the molecule is CC[C@@]1(O)C(=O)OCc2c1cc1n(c2=O)Cc2c-1nc1cc(F)c(C)c3c1c2[C@@H](NC(=O)C1C[C@H](N)C2CC1C2)CC3. The highest BCUT2D eigenvalue weighted by Crippen LogP contribution is 2.50. The molecule has 0 spiro atoms. The second-order valence-electron chi connectivity index (χ2n) is 12.9. The molecular formula is C32H33FN4O5. The maximum Gasteiger partial charge on any atom is 0.343 e. The van der Waals surface area contributed by atoms with E-state index in [2.05, 4.69) is 5.32 Å². The van der Waals surface area contributed by atoms with Crippen LogP contribution in [-0.2, 0) is 39.5 Å². The quantitative estimate of drug-likeness (QED) is 0.321. The Hall–Kier alpha value is -3.63. The number of hydrogen-bond acceptors (Lipinski definition) is 7. The molecule has 4 N–H and O–H groups in total. The molecule has 1 unspecified atom stereocenters. The fraction of sp³-hybridized carbons (Fsp3) is 0.500. The van der Waals surface area contributed by atoms with Gasteiger partial charge in [-0.15, -0.1) is 0 Å². The van der Waals surface area contributed by atoms with Crippen molar-refractivity contribution in [3.63, 3.8) is 0 Å². The lowest BCUT2D eigenvalue weighted by molar-refractivity contribution is -0.172. The Morgan fingerprint density at radius 2 is 2.00 bits per heavy atom. The van der Waals surface area contributed by atoms with Crippen molar-refractivity contribution in [2.24, 2.45) is 23.5 Å². The lowest BCUT2D eigenvalue weighted by Crippen LogP contribution is -2.54. The van der Waals surface area contributed by atoms with Crippen LogP contribution in [0.2, 0.25) is 0 Å². The Kier molecular flexibility index (Phi) is 5.39. The third-order valence-corrected chi connectivity index (χ3v) is 10.9. The van der Waals surface area contributed by atoms with E-state index in [0.29, 0.717) is 53.6 Å². The van der Waals surface area contributed by atoms with Gasteiger partial charge in [0.2, 0.25) is 5.91 Å². The van der Waals surface area contributed by atoms with Crippen LogP contribution in [0.3, 0.4) is 0 Å². The van der Waals surface area contributed by atoms with Crippen LogP contribution < -0.4 is 16.6 Å². The van der Waals surface area contributed by atoms with Gasteiger partial charge in [0.25, 0.3) is 5.56 Å². The van der Waals surface area contributed by atoms with Crippen LogP contribution >= 0.6 is 0 Å². The number of amides is 1. The number of nitrogens with zero attached hydrogens (tertiary/aromatic N) is 2. The number of nitrogens with one attached hydrogen (secondary N) is 1. The van der Waals surface area contributed by atoms with Gasteiger partial charge in [-0.1, -0.05) is 6.92 Å². The molecule has 3 aromatic rings. The molecule has 1 amide bonds. The lowest BCUT2D eigenvalue weighted by atomic mass is 9.57. The van der Waals surface area contributed by atoms with Crippen LogP contribution in [0.4, 0.5) is 4.39 Å². The molecule has 4 aliphatic carbocycles. The maximum absolute atomic E-state index is 15.2. The number of halogens is 1. The average molecular weight is 573 g/mol. The largest absolute Gasteiger partial charge is 0.458 e. The van der Waals surface area contributed by atoms with Crippen LogP contribution in [0, 0.1) is 30.5 Å². The number of rotatable bonds is 3. The second kappa shape index (κ2) is 8.70. The van der Waals surface area contributed by atoms with Crippen molar-refractivity contribution in [3.8, 4) is 11.4 Å². The van der Waals surface area contributed by atoms with E-state index in [-0.39, 0.29) is 66.0 Å². The molecule has 6 aliphatic rings. The number of carbonyl (C=O) groups is 2. The first-order chi connectivity index (χ1) is 20.1. The molecule has 9 rings (SSSR count). The van der Waals surface area contributed by atoms with Gasteiger partial charge in [-0.2, -0.15) is 0 Å². The number of aromatic nitrogens is 2. The summed E-state index contributed by atoms with van der Waals surface area (Å²) in [5.74, 6) is -0.365. The molecule has 9 nitrogen and oxygen atoms in total. The average Bonchev–Trinajstić information content (AvgIpc) is 3.32. The molecule has 3 saturated carbocycles. The summed E-state index contributed by atoms with van der Waals surface area (Å²) in [7, 11) is 0. The van der Waals surface area contributed by atoms with Crippen molar-refractivity contribution in [1.82, 2.24) is 14.9 Å². The molecule has 2 aromatic heterocycles. The van der Waals surface area contributed by atoms with Crippen LogP contribution in [0.25, 0.3) is 22.3 Å². The van der Waals surface area contributed by atoms with Gasteiger partial charge in [-0.3, -0.25) is 9.59 Å². The number of ether oxygens (including phenoxy) is 1. The van der Waals surface area contributed by atoms with Crippen molar-refractivity contribution in [2.75, 3.05) is 0 Å². The van der Waals surface area contributed by atoms with E-state index >= 15 is 4.39 Å². The predicted molar refractivity (Wildman–Crippen MR) is 151 cm³/mol. The summed E-state index contributed by atoms with van der Waals surface area (Å²) in [6.45, 7) is 3.43. The molecule has 4 atom stereocenters. The first-order valence-corrected chi connectivity index (χ1v) is 15.0. The number of cyclic esters (lactones) is 1. The van der Waals surface area contributed by atoms with Crippen molar-refractivity contribution in [1.29, 1.82) is 0 Å². The molecule has 218 valence electrons. The van der Waals surface area contributed by atoms with E-state index in [0.717, 1.165) is 34.9 Å². The highest BCUT2D eigenvalue weighted by atomic mass is 19.1. The minimum atomic E-state index is -1.94. The van der Waals surface area contributed by atoms with Crippen LogP contribution in [0.1, 0.15) is 78.5 Å². The molecule has 2 bridgehead atoms. The number of benzene rings is 1. The highest BCUT2D eigenvalue weighted by molar-refractivity contribution is 5.94. The smallest absolute Gasteiger partial charge is 0.343 e. The van der Waals surface area contributed by atoms with E-state index in [1.165, 1.54) is 6.07 Å². The van der Waals surface area contributed by atoms with E-state index in [1.807, 2.05) is 0 Å². The Morgan fingerprint density at radius 3 is 2.74 bits per heavy atom. The Labute approximate surface area is 241 Å². The van der Waals surface area contributed by atoms with Crippen molar-refractivity contribution < 1.29 is 23.8 Å². The molecule has 3 fully saturated rings. The van der Waals surface area contributed by atoms with E-state index < -0.39 is 11.6 Å². The van der Waals surface area contributed by atoms with E-state index in [4.69, 9.17) is 15.5 Å². The van der Waals surface area contributed by atoms with Gasteiger partial charge in [0, 0.05) is 34.5 Å². The Balaban J connectivity index is 1.30. The summed E-state index contributed by atoms with van der Waals surface area (Å²) < 4.78 is 22.0. The number of aliphatic hydroxyl groups is 1. The standard InChI is InChI=1S/C32H33FN4O5/c1-3-32(41)20-9-25-28-18(11-37(25)30(39)19(20)12-42-31(32)40)27-23(36-29(38)17-8-22(34)15-6-14(17)7-15)5-4-16-13(2)21(33)10-24(35-28)26(16)27/h9-10,14-15,17,22-23,41H,3-8,11-12,34H2,1-2H3,(H,36,38)/t14?,15?,17?,22-,23-,32-/m0/s1. The van der Waals surface area contributed by atoms with Gasteiger partial charge >= 0.3 is 5.97 Å². The van der Waals surface area contributed by atoms with Gasteiger partial charge in [0.15, 0.2) is 5.60 Å². The third kappa shape index (κ3) is 3.30. The molecule has 2 aliphatic heterocycles. The van der Waals surface area contributed by atoms with Gasteiger partial charge < -0.3 is 25.5 Å². The number of aryl methyl sites for hydroxylation is 1. The van der Waals surface area contributed by atoms with E-state index in [9.17, 15) is 19.5 Å². The molecule has 0 saturated heterocycles. The van der Waals surface area contributed by atoms with E-state index in [1.54, 1.807) is 24.5 Å². The normalized spacial score (nSPS) is 30.2. The number of nitrogens with two attached hydrogens (primary N) is 1. The highest BCUT2D eigenvalue weighted by Gasteiger charge is 2.48. The van der Waals surface area contributed by atoms with Crippen LogP contribution in [-0.4, -0.2) is 32.6 Å². The number of hydrogen-bond donors (Lipinski definition) is 3. The summed E-state index contributed by atoms with van der Waals surface area (Å²) in [5.41, 5.74) is 9.09. The zero-order valence-electron chi connectivity index (χ0n) is 23.6. The zero-order chi connectivity index (χ0) is 29.2.